The molecule has 1 N–H and O–H groups in total. The van der Waals surface area contributed by atoms with Crippen LogP contribution in [0.2, 0.25) is 0 Å². The maximum atomic E-state index is 11.8. The van der Waals surface area contributed by atoms with Crippen molar-refractivity contribution >= 4 is 12.1 Å². The molecule has 1 aromatic rings. The molecule has 0 radical (unpaired) electrons. The van der Waals surface area contributed by atoms with Gasteiger partial charge in [0.05, 0.1) is 20.4 Å². The van der Waals surface area contributed by atoms with Gasteiger partial charge in [-0.25, -0.2) is 5.43 Å². The van der Waals surface area contributed by atoms with Gasteiger partial charge in [-0.05, 0) is 30.2 Å². The molecule has 5 nitrogen and oxygen atoms in total. The zero-order valence-electron chi connectivity index (χ0n) is 18.0. The first-order chi connectivity index (χ1) is 13.7. The molecule has 0 heterocycles. The Labute approximate surface area is 170 Å². The van der Waals surface area contributed by atoms with Gasteiger partial charge in [-0.2, -0.15) is 5.10 Å². The topological polar surface area (TPSA) is 59.9 Å². The Morgan fingerprint density at radius 2 is 1.46 bits per heavy atom. The first kappa shape index (κ1) is 24.0. The number of nitrogens with zero attached hydrogens (tertiary/aromatic N) is 1. The number of carbonyl (C=O) groups is 1. The van der Waals surface area contributed by atoms with E-state index in [1.807, 2.05) is 18.2 Å². The third-order valence-corrected chi connectivity index (χ3v) is 4.82. The summed E-state index contributed by atoms with van der Waals surface area (Å²) in [5, 5.41) is 4.02. The van der Waals surface area contributed by atoms with Gasteiger partial charge in [-0.3, -0.25) is 4.79 Å². The van der Waals surface area contributed by atoms with Crippen molar-refractivity contribution < 1.29 is 14.3 Å². The Morgan fingerprint density at radius 3 is 2.04 bits per heavy atom. The molecule has 158 valence electrons. The zero-order chi connectivity index (χ0) is 20.5. The van der Waals surface area contributed by atoms with Crippen LogP contribution in [-0.2, 0) is 4.79 Å². The van der Waals surface area contributed by atoms with Crippen LogP contribution in [0, 0.1) is 0 Å². The molecule has 0 aliphatic carbocycles. The SMILES string of the molecule is CCCCCCCCCCCCCC(=O)N/N=C/c1ccc(OC)c(OC)c1. The van der Waals surface area contributed by atoms with Crippen molar-refractivity contribution in [1.82, 2.24) is 5.43 Å². The van der Waals surface area contributed by atoms with E-state index < -0.39 is 0 Å². The molecule has 5 heteroatoms. The van der Waals surface area contributed by atoms with Crippen molar-refractivity contribution in [3.05, 3.63) is 23.8 Å². The lowest BCUT2D eigenvalue weighted by Crippen LogP contribution is -2.16. The Kier molecular flexibility index (Phi) is 13.7. The number of carbonyl (C=O) groups excluding carboxylic acids is 1. The second-order valence-electron chi connectivity index (χ2n) is 7.19. The minimum Gasteiger partial charge on any atom is -0.493 e. The minimum atomic E-state index is -0.0346. The molecule has 0 aromatic heterocycles. The molecule has 0 unspecified atom stereocenters. The van der Waals surface area contributed by atoms with E-state index >= 15 is 0 Å². The van der Waals surface area contributed by atoms with E-state index in [2.05, 4.69) is 17.5 Å². The molecule has 0 fully saturated rings. The fourth-order valence-electron chi connectivity index (χ4n) is 3.12. The highest BCUT2D eigenvalue weighted by Crippen LogP contribution is 2.26. The Hall–Kier alpha value is -2.04. The highest BCUT2D eigenvalue weighted by Gasteiger charge is 2.03. The maximum absolute atomic E-state index is 11.8. The van der Waals surface area contributed by atoms with Crippen molar-refractivity contribution in [2.75, 3.05) is 14.2 Å². The largest absolute Gasteiger partial charge is 0.493 e. The summed E-state index contributed by atoms with van der Waals surface area (Å²) in [6.45, 7) is 2.25. The number of hydrogen-bond donors (Lipinski definition) is 1. The number of ether oxygens (including phenoxy) is 2. The summed E-state index contributed by atoms with van der Waals surface area (Å²) >= 11 is 0. The third-order valence-electron chi connectivity index (χ3n) is 4.82. The summed E-state index contributed by atoms with van der Waals surface area (Å²) in [6, 6.07) is 5.49. The van der Waals surface area contributed by atoms with Crippen LogP contribution in [0.5, 0.6) is 11.5 Å². The van der Waals surface area contributed by atoms with Gasteiger partial charge in [0.15, 0.2) is 11.5 Å². The molecule has 1 rings (SSSR count). The number of rotatable bonds is 16. The van der Waals surface area contributed by atoms with Gasteiger partial charge >= 0.3 is 0 Å². The molecule has 0 spiro atoms. The van der Waals surface area contributed by atoms with Gasteiger partial charge in [0, 0.05) is 6.42 Å². The van der Waals surface area contributed by atoms with E-state index in [-0.39, 0.29) is 5.91 Å². The van der Waals surface area contributed by atoms with Crippen molar-refractivity contribution in [2.24, 2.45) is 5.10 Å². The quantitative estimate of drug-likeness (QED) is 0.219. The van der Waals surface area contributed by atoms with Crippen molar-refractivity contribution in [1.29, 1.82) is 0 Å². The average molecular weight is 391 g/mol. The second-order valence-corrected chi connectivity index (χ2v) is 7.19. The van der Waals surface area contributed by atoms with Crippen molar-refractivity contribution in [3.8, 4) is 11.5 Å². The molecule has 0 bridgehead atoms. The molecule has 0 aliphatic heterocycles. The van der Waals surface area contributed by atoms with Gasteiger partial charge in [-0.15, -0.1) is 0 Å². The summed E-state index contributed by atoms with van der Waals surface area (Å²) in [4.78, 5) is 11.8. The Bertz CT molecular complexity index is 573. The van der Waals surface area contributed by atoms with Crippen LogP contribution >= 0.6 is 0 Å². The number of benzene rings is 1. The normalized spacial score (nSPS) is 11.0. The van der Waals surface area contributed by atoms with E-state index in [9.17, 15) is 4.79 Å². The summed E-state index contributed by atoms with van der Waals surface area (Å²) < 4.78 is 10.5. The molecule has 0 atom stereocenters. The lowest BCUT2D eigenvalue weighted by atomic mass is 10.1. The van der Waals surface area contributed by atoms with Gasteiger partial charge in [0.2, 0.25) is 5.91 Å². The van der Waals surface area contributed by atoms with E-state index in [1.165, 1.54) is 57.8 Å². The molecule has 28 heavy (non-hydrogen) atoms. The van der Waals surface area contributed by atoms with Crippen LogP contribution in [0.1, 0.15) is 89.5 Å². The maximum Gasteiger partial charge on any atom is 0.240 e. The first-order valence-corrected chi connectivity index (χ1v) is 10.7. The number of hydrazone groups is 1. The number of nitrogens with one attached hydrogen (secondary N) is 1. The molecular weight excluding hydrogens is 352 g/mol. The van der Waals surface area contributed by atoms with Crippen LogP contribution in [0.15, 0.2) is 23.3 Å². The van der Waals surface area contributed by atoms with Crippen LogP contribution in [0.3, 0.4) is 0 Å². The van der Waals surface area contributed by atoms with Gasteiger partial charge in [-0.1, -0.05) is 71.1 Å². The van der Waals surface area contributed by atoms with Crippen LogP contribution in [0.4, 0.5) is 0 Å². The van der Waals surface area contributed by atoms with Gasteiger partial charge in [0.25, 0.3) is 0 Å². The van der Waals surface area contributed by atoms with E-state index in [4.69, 9.17) is 9.47 Å². The minimum absolute atomic E-state index is 0.0346. The molecule has 0 saturated carbocycles. The van der Waals surface area contributed by atoms with Gasteiger partial charge in [0.1, 0.15) is 0 Å². The predicted molar refractivity (Wildman–Crippen MR) is 116 cm³/mol. The lowest BCUT2D eigenvalue weighted by Gasteiger charge is -2.07. The smallest absolute Gasteiger partial charge is 0.240 e. The Balaban J connectivity index is 2.07. The van der Waals surface area contributed by atoms with Crippen LogP contribution in [-0.4, -0.2) is 26.3 Å². The van der Waals surface area contributed by atoms with E-state index in [1.54, 1.807) is 20.4 Å². The number of amides is 1. The number of unbranched alkanes of at least 4 members (excludes halogenated alkanes) is 10. The molecule has 1 amide bonds. The third kappa shape index (κ3) is 11.0. The number of hydrogen-bond acceptors (Lipinski definition) is 4. The lowest BCUT2D eigenvalue weighted by molar-refractivity contribution is -0.121. The summed E-state index contributed by atoms with van der Waals surface area (Å²) in [5.74, 6) is 1.27. The molecule has 0 aliphatic rings. The molecular formula is C23H38N2O3. The zero-order valence-corrected chi connectivity index (χ0v) is 18.0. The van der Waals surface area contributed by atoms with Crippen molar-refractivity contribution in [3.63, 3.8) is 0 Å². The fraction of sp³-hybridized carbons (Fsp3) is 0.652. The highest BCUT2D eigenvalue weighted by molar-refractivity contribution is 5.83. The summed E-state index contributed by atoms with van der Waals surface area (Å²) in [6.07, 6.45) is 16.2. The van der Waals surface area contributed by atoms with E-state index in [0.29, 0.717) is 17.9 Å². The highest BCUT2D eigenvalue weighted by atomic mass is 16.5. The Morgan fingerprint density at radius 1 is 0.893 bits per heavy atom. The van der Waals surface area contributed by atoms with Gasteiger partial charge < -0.3 is 9.47 Å². The average Bonchev–Trinajstić information content (AvgIpc) is 2.71. The molecule has 0 saturated heterocycles. The molecule has 1 aromatic carbocycles. The fourth-order valence-corrected chi connectivity index (χ4v) is 3.12. The summed E-state index contributed by atoms with van der Waals surface area (Å²) in [5.41, 5.74) is 3.43. The monoisotopic (exact) mass is 390 g/mol. The second kappa shape index (κ2) is 16.0. The van der Waals surface area contributed by atoms with E-state index in [0.717, 1.165) is 18.4 Å². The number of methoxy groups -OCH3 is 2. The van der Waals surface area contributed by atoms with Crippen LogP contribution < -0.4 is 14.9 Å². The first-order valence-electron chi connectivity index (χ1n) is 10.7. The van der Waals surface area contributed by atoms with Crippen LogP contribution in [0.25, 0.3) is 0 Å². The standard InChI is InChI=1S/C23H38N2O3/c1-4-5-6-7-8-9-10-11-12-13-14-15-23(26)25-24-19-20-16-17-21(27-2)22(18-20)28-3/h16-19H,4-15H2,1-3H3,(H,25,26)/b24-19+. The van der Waals surface area contributed by atoms with Crippen molar-refractivity contribution in [2.45, 2.75) is 84.0 Å². The predicted octanol–water partition coefficient (Wildman–Crippen LogP) is 5.86. The summed E-state index contributed by atoms with van der Waals surface area (Å²) in [7, 11) is 3.19.